The number of benzene rings is 1. The minimum atomic E-state index is -0.343. The van der Waals surface area contributed by atoms with Crippen LogP contribution in [-0.2, 0) is 4.79 Å². The van der Waals surface area contributed by atoms with Gasteiger partial charge in [0.05, 0.1) is 19.1 Å². The lowest BCUT2D eigenvalue weighted by molar-refractivity contribution is -0.119. The lowest BCUT2D eigenvalue weighted by Crippen LogP contribution is -2.54. The molecule has 25 heavy (non-hydrogen) atoms. The second-order valence-corrected chi connectivity index (χ2v) is 7.01. The van der Waals surface area contributed by atoms with E-state index < -0.39 is 0 Å². The van der Waals surface area contributed by atoms with Gasteiger partial charge in [-0.15, -0.1) is 0 Å². The highest BCUT2D eigenvalue weighted by Gasteiger charge is 2.31. The highest BCUT2D eigenvalue weighted by atomic mass is 79.9. The van der Waals surface area contributed by atoms with Gasteiger partial charge in [-0.25, -0.2) is 9.37 Å². The van der Waals surface area contributed by atoms with Gasteiger partial charge in [0.1, 0.15) is 11.9 Å². The Morgan fingerprint density at radius 2 is 2.08 bits per heavy atom. The predicted octanol–water partition coefficient (Wildman–Crippen LogP) is 3.45. The van der Waals surface area contributed by atoms with E-state index in [0.717, 1.165) is 11.3 Å². The molecule has 0 saturated carbocycles. The first-order chi connectivity index (χ1) is 11.9. The molecule has 5 nitrogen and oxygen atoms in total. The van der Waals surface area contributed by atoms with Gasteiger partial charge in [-0.1, -0.05) is 12.1 Å². The van der Waals surface area contributed by atoms with E-state index in [1.165, 1.54) is 13.0 Å². The van der Waals surface area contributed by atoms with Gasteiger partial charge in [0.25, 0.3) is 0 Å². The Kier molecular flexibility index (Phi) is 5.22. The molecule has 1 atom stereocenters. The highest BCUT2D eigenvalue weighted by Crippen LogP contribution is 2.27. The van der Waals surface area contributed by atoms with Gasteiger partial charge in [0, 0.05) is 17.6 Å². The third-order valence-corrected chi connectivity index (χ3v) is 4.47. The summed E-state index contributed by atoms with van der Waals surface area (Å²) in [4.78, 5) is 17.1. The molecule has 132 valence electrons. The summed E-state index contributed by atoms with van der Waals surface area (Å²) >= 11 is 3.20. The Bertz CT molecular complexity index is 763. The van der Waals surface area contributed by atoms with Gasteiger partial charge in [0.15, 0.2) is 11.6 Å². The summed E-state index contributed by atoms with van der Waals surface area (Å²) in [5.74, 6) is 0.704. The topological polar surface area (TPSA) is 54.5 Å². The molecule has 0 spiro atoms. The third kappa shape index (κ3) is 4.28. The summed E-state index contributed by atoms with van der Waals surface area (Å²) in [6, 6.07) is 9.00. The number of nitrogens with zero attached hydrogens (tertiary/aromatic N) is 2. The number of nitrogens with one attached hydrogen (secondary N) is 1. The second-order valence-electron chi connectivity index (χ2n) is 6.10. The van der Waals surface area contributed by atoms with Crippen LogP contribution in [0.2, 0.25) is 0 Å². The molecule has 0 bridgehead atoms. The molecule has 2 aromatic rings. The predicted molar refractivity (Wildman–Crippen MR) is 97.2 cm³/mol. The van der Waals surface area contributed by atoms with Crippen molar-refractivity contribution < 1.29 is 13.9 Å². The molecule has 1 saturated heterocycles. The van der Waals surface area contributed by atoms with Crippen molar-refractivity contribution in [2.75, 3.05) is 18.0 Å². The Morgan fingerprint density at radius 3 is 2.68 bits per heavy atom. The first kappa shape index (κ1) is 17.7. The van der Waals surface area contributed by atoms with E-state index in [2.05, 4.69) is 26.2 Å². The van der Waals surface area contributed by atoms with Crippen molar-refractivity contribution in [3.8, 4) is 5.75 Å². The number of halogens is 2. The lowest BCUT2D eigenvalue weighted by Gasteiger charge is -2.39. The summed E-state index contributed by atoms with van der Waals surface area (Å²) < 4.78 is 20.4. The van der Waals surface area contributed by atoms with Gasteiger partial charge in [-0.2, -0.15) is 0 Å². The molecule has 1 aromatic heterocycles. The van der Waals surface area contributed by atoms with Crippen LogP contribution in [0.25, 0.3) is 0 Å². The van der Waals surface area contributed by atoms with Crippen molar-refractivity contribution in [2.45, 2.75) is 26.0 Å². The van der Waals surface area contributed by atoms with E-state index >= 15 is 0 Å². The Balaban J connectivity index is 1.54. The van der Waals surface area contributed by atoms with E-state index in [9.17, 15) is 9.18 Å². The van der Waals surface area contributed by atoms with Crippen LogP contribution in [0, 0.1) is 5.82 Å². The molecule has 7 heteroatoms. The molecule has 2 heterocycles. The van der Waals surface area contributed by atoms with Crippen LogP contribution in [0.3, 0.4) is 0 Å². The zero-order valence-electron chi connectivity index (χ0n) is 14.0. The van der Waals surface area contributed by atoms with Crippen molar-refractivity contribution in [3.63, 3.8) is 0 Å². The molecule has 1 amide bonds. The summed E-state index contributed by atoms with van der Waals surface area (Å²) in [5.41, 5.74) is 1.01. The molecule has 0 radical (unpaired) electrons. The van der Waals surface area contributed by atoms with E-state index in [-0.39, 0.29) is 23.9 Å². The van der Waals surface area contributed by atoms with Gasteiger partial charge < -0.3 is 15.0 Å². The maximum Gasteiger partial charge on any atom is 0.217 e. The third-order valence-electron chi connectivity index (χ3n) is 4.04. The maximum atomic E-state index is 13.9. The van der Waals surface area contributed by atoms with Crippen molar-refractivity contribution >= 4 is 27.7 Å². The molecule has 0 unspecified atom stereocenters. The van der Waals surface area contributed by atoms with E-state index in [1.54, 1.807) is 6.20 Å². The normalized spacial score (nSPS) is 15.4. The summed E-state index contributed by atoms with van der Waals surface area (Å²) in [6.07, 6.45) is 1.59. The second kappa shape index (κ2) is 7.39. The zero-order chi connectivity index (χ0) is 18.0. The van der Waals surface area contributed by atoms with Gasteiger partial charge in [-0.05, 0) is 46.6 Å². The molecule has 1 aromatic carbocycles. The van der Waals surface area contributed by atoms with E-state index in [0.29, 0.717) is 23.4 Å². The Labute approximate surface area is 154 Å². The number of rotatable bonds is 5. The Morgan fingerprint density at radius 1 is 1.40 bits per heavy atom. The molecule has 1 aliphatic heterocycles. The van der Waals surface area contributed by atoms with Crippen molar-refractivity contribution in [1.82, 2.24) is 10.3 Å². The number of carbonyl (C=O) groups is 1. The van der Waals surface area contributed by atoms with E-state index in [1.807, 2.05) is 36.1 Å². The number of hydrogen-bond donors (Lipinski definition) is 1. The van der Waals surface area contributed by atoms with Crippen LogP contribution in [0.1, 0.15) is 25.5 Å². The molecule has 0 aliphatic carbocycles. The van der Waals surface area contributed by atoms with Crippen LogP contribution in [0.15, 0.2) is 41.0 Å². The Hall–Kier alpha value is -2.15. The number of hydrogen-bond acceptors (Lipinski definition) is 4. The fourth-order valence-electron chi connectivity index (χ4n) is 2.74. The number of amides is 1. The number of anilines is 1. The highest BCUT2D eigenvalue weighted by molar-refractivity contribution is 9.10. The molecular weight excluding hydrogens is 389 g/mol. The number of carbonyl (C=O) groups excluding carboxylic acids is 1. The zero-order valence-corrected chi connectivity index (χ0v) is 15.6. The van der Waals surface area contributed by atoms with Gasteiger partial charge >= 0.3 is 0 Å². The molecule has 1 N–H and O–H groups in total. The minimum absolute atomic E-state index is 0.00321. The smallest absolute Gasteiger partial charge is 0.217 e. The fourth-order valence-corrected chi connectivity index (χ4v) is 3.04. The van der Waals surface area contributed by atoms with Gasteiger partial charge in [0.2, 0.25) is 5.91 Å². The van der Waals surface area contributed by atoms with Crippen molar-refractivity contribution in [1.29, 1.82) is 0 Å². The van der Waals surface area contributed by atoms with Crippen LogP contribution in [0.5, 0.6) is 5.75 Å². The largest absolute Gasteiger partial charge is 0.487 e. The summed E-state index contributed by atoms with van der Waals surface area (Å²) in [5, 5.41) is 2.84. The van der Waals surface area contributed by atoms with Crippen LogP contribution in [-0.4, -0.2) is 30.1 Å². The monoisotopic (exact) mass is 407 g/mol. The average Bonchev–Trinajstić information content (AvgIpc) is 2.51. The number of aromatic nitrogens is 1. The first-order valence-electron chi connectivity index (χ1n) is 8.02. The molecule has 1 aliphatic rings. The fraction of sp³-hybridized carbons (Fsp3) is 0.333. The van der Waals surface area contributed by atoms with Crippen LogP contribution >= 0.6 is 15.9 Å². The average molecular weight is 408 g/mol. The van der Waals surface area contributed by atoms with Crippen molar-refractivity contribution in [3.05, 3.63) is 52.4 Å². The number of ether oxygens (including phenoxy) is 1. The van der Waals surface area contributed by atoms with Crippen LogP contribution in [0.4, 0.5) is 10.2 Å². The minimum Gasteiger partial charge on any atom is -0.487 e. The molecular formula is C18H19BrFN3O2. The van der Waals surface area contributed by atoms with Gasteiger partial charge in [-0.3, -0.25) is 4.79 Å². The first-order valence-corrected chi connectivity index (χ1v) is 8.81. The maximum absolute atomic E-state index is 13.9. The molecule has 3 rings (SSSR count). The van der Waals surface area contributed by atoms with Crippen molar-refractivity contribution in [2.24, 2.45) is 0 Å². The summed E-state index contributed by atoms with van der Waals surface area (Å²) in [7, 11) is 0. The molecule has 1 fully saturated rings. The van der Waals surface area contributed by atoms with Crippen LogP contribution < -0.4 is 15.0 Å². The standard InChI is InChI=1S/C18H19BrFN3O2/c1-11(22-12(2)24)13-3-5-15(6-4-13)25-16-9-23(10-16)18-17(20)7-14(19)8-21-18/h3-8,11,16H,9-10H2,1-2H3,(H,22,24)/t11-/m0/s1. The quantitative estimate of drug-likeness (QED) is 0.824. The summed E-state index contributed by atoms with van der Waals surface area (Å²) in [6.45, 7) is 4.62. The lowest BCUT2D eigenvalue weighted by atomic mass is 10.1. The number of pyridine rings is 1. The van der Waals surface area contributed by atoms with E-state index in [4.69, 9.17) is 4.74 Å². The SMILES string of the molecule is CC(=O)N[C@@H](C)c1ccc(OC2CN(c3ncc(Br)cc3F)C2)cc1.